The average molecular weight is 472 g/mol. The molecule has 0 radical (unpaired) electrons. The third-order valence-corrected chi connectivity index (χ3v) is 6.86. The maximum atomic E-state index is 12.8. The fourth-order valence-corrected chi connectivity index (χ4v) is 4.83. The normalized spacial score (nSPS) is 13.4. The molecule has 0 fully saturated rings. The van der Waals surface area contributed by atoms with Crippen LogP contribution in [0.5, 0.6) is 0 Å². The van der Waals surface area contributed by atoms with Gasteiger partial charge in [0.2, 0.25) is 0 Å². The van der Waals surface area contributed by atoms with Crippen LogP contribution in [0.2, 0.25) is 10.0 Å². The Kier molecular flexibility index (Phi) is 4.37. The van der Waals surface area contributed by atoms with Gasteiger partial charge in [-0.1, -0.05) is 65.7 Å². The molecule has 0 spiro atoms. The molecule has 0 aliphatic heterocycles. The van der Waals surface area contributed by atoms with Crippen molar-refractivity contribution in [3.8, 4) is 11.3 Å². The maximum Gasteiger partial charge on any atom is 0.197 e. The van der Waals surface area contributed by atoms with Gasteiger partial charge in [0.25, 0.3) is 0 Å². The second-order valence-electron chi connectivity index (χ2n) is 8.04. The second kappa shape index (κ2) is 7.20. The first-order valence-corrected chi connectivity index (χ1v) is 11.1. The molecule has 1 aliphatic rings. The highest BCUT2D eigenvalue weighted by Gasteiger charge is 2.34. The number of fused-ring (bicyclic) bond motifs is 3. The van der Waals surface area contributed by atoms with Crippen LogP contribution in [0.25, 0.3) is 39.2 Å². The van der Waals surface area contributed by atoms with Gasteiger partial charge in [-0.15, -0.1) is 0 Å². The first kappa shape index (κ1) is 20.0. The molecule has 0 amide bonds. The number of aryl methyl sites for hydroxylation is 1. The summed E-state index contributed by atoms with van der Waals surface area (Å²) in [5, 5.41) is 2.80. The van der Waals surface area contributed by atoms with Gasteiger partial charge >= 0.3 is 0 Å². The minimum absolute atomic E-state index is 0.0386. The maximum absolute atomic E-state index is 12.8. The zero-order chi connectivity index (χ0) is 22.9. The molecule has 4 nitrogen and oxygen atoms in total. The highest BCUT2D eigenvalue weighted by Crippen LogP contribution is 2.36. The lowest BCUT2D eigenvalue weighted by Crippen LogP contribution is -1.99. The molecule has 0 unspecified atom stereocenters. The minimum Gasteiger partial charge on any atom is -0.455 e. The van der Waals surface area contributed by atoms with Crippen molar-refractivity contribution in [3.63, 3.8) is 0 Å². The van der Waals surface area contributed by atoms with Crippen LogP contribution in [0, 0.1) is 0 Å². The number of halogens is 2. The highest BCUT2D eigenvalue weighted by atomic mass is 35.5. The molecule has 0 bridgehead atoms. The van der Waals surface area contributed by atoms with Gasteiger partial charge in [0.05, 0.1) is 26.8 Å². The van der Waals surface area contributed by atoms with Gasteiger partial charge in [-0.3, -0.25) is 9.59 Å². The quantitative estimate of drug-likeness (QED) is 0.199. The van der Waals surface area contributed by atoms with Gasteiger partial charge in [0.1, 0.15) is 5.76 Å². The predicted molar refractivity (Wildman–Crippen MR) is 131 cm³/mol. The van der Waals surface area contributed by atoms with Crippen LogP contribution >= 0.6 is 23.2 Å². The van der Waals surface area contributed by atoms with Crippen LogP contribution in [0.3, 0.4) is 0 Å². The van der Waals surface area contributed by atoms with E-state index in [9.17, 15) is 9.59 Å². The zero-order valence-corrected chi connectivity index (χ0v) is 18.9. The lowest BCUT2D eigenvalue weighted by molar-refractivity contribution is 0.0990. The van der Waals surface area contributed by atoms with E-state index < -0.39 is 0 Å². The first-order valence-electron chi connectivity index (χ1n) is 10.3. The summed E-state index contributed by atoms with van der Waals surface area (Å²) in [7, 11) is 1.97. The van der Waals surface area contributed by atoms with E-state index in [0.29, 0.717) is 11.3 Å². The summed E-state index contributed by atoms with van der Waals surface area (Å²) >= 11 is 12.1. The number of rotatable bonds is 2. The number of furan rings is 1. The minimum atomic E-state index is -0.384. The number of carbonyl (C=O) groups excluding carboxylic acids is 2. The third-order valence-electron chi connectivity index (χ3n) is 6.14. The van der Waals surface area contributed by atoms with Crippen LogP contribution in [0.15, 0.2) is 76.7 Å². The summed E-state index contributed by atoms with van der Waals surface area (Å²) in [6.07, 6.45) is 1.49. The predicted octanol–water partition coefficient (Wildman–Crippen LogP) is 7.36. The van der Waals surface area contributed by atoms with Crippen molar-refractivity contribution in [2.75, 3.05) is 0 Å². The standard InChI is InChI=1S/C27H15Cl2NO3/c1-30-23(17-8-4-6-14-5-2-3-7-16(14)17)13-25-24(30)10-15(33-25)9-20-26(31)18-11-21(28)22(29)12-19(18)27(20)32/h2-13H,1H3. The Labute approximate surface area is 198 Å². The van der Waals surface area contributed by atoms with E-state index in [-0.39, 0.29) is 38.3 Å². The Balaban J connectivity index is 1.43. The van der Waals surface area contributed by atoms with Crippen molar-refractivity contribution in [2.45, 2.75) is 0 Å². The molecule has 2 aromatic heterocycles. The molecule has 6 heteroatoms. The SMILES string of the molecule is Cn1c(-c2cccc3ccccc23)cc2oc(C=C3C(=O)c4cc(Cl)c(Cl)cc4C3=O)cc21. The molecule has 160 valence electrons. The fraction of sp³-hybridized carbons (Fsp3) is 0.0370. The van der Waals surface area contributed by atoms with Crippen molar-refractivity contribution in [1.29, 1.82) is 0 Å². The van der Waals surface area contributed by atoms with E-state index >= 15 is 0 Å². The topological polar surface area (TPSA) is 52.2 Å². The summed E-state index contributed by atoms with van der Waals surface area (Å²) in [6, 6.07) is 21.1. The number of hydrogen-bond donors (Lipinski definition) is 0. The zero-order valence-electron chi connectivity index (χ0n) is 17.4. The molecule has 2 heterocycles. The number of hydrogen-bond acceptors (Lipinski definition) is 3. The Morgan fingerprint density at radius 3 is 2.18 bits per heavy atom. The average Bonchev–Trinajstić information content (AvgIpc) is 3.42. The number of ketones is 2. The Hall–Kier alpha value is -3.60. The van der Waals surface area contributed by atoms with E-state index in [1.165, 1.54) is 18.2 Å². The largest absolute Gasteiger partial charge is 0.455 e. The summed E-state index contributed by atoms with van der Waals surface area (Å²) in [6.45, 7) is 0. The Morgan fingerprint density at radius 1 is 0.818 bits per heavy atom. The molecule has 0 atom stereocenters. The van der Waals surface area contributed by atoms with E-state index in [1.54, 1.807) is 0 Å². The molecular weight excluding hydrogens is 457 g/mol. The molecule has 3 aromatic carbocycles. The van der Waals surface area contributed by atoms with Gasteiger partial charge < -0.3 is 8.98 Å². The molecule has 5 aromatic rings. The summed E-state index contributed by atoms with van der Waals surface area (Å²) in [4.78, 5) is 25.6. The molecule has 0 saturated heterocycles. The lowest BCUT2D eigenvalue weighted by Gasteiger charge is -2.08. The van der Waals surface area contributed by atoms with Crippen molar-refractivity contribution in [2.24, 2.45) is 7.05 Å². The van der Waals surface area contributed by atoms with Crippen LogP contribution < -0.4 is 0 Å². The van der Waals surface area contributed by atoms with Crippen LogP contribution in [-0.4, -0.2) is 16.1 Å². The fourth-order valence-electron chi connectivity index (χ4n) is 4.50. The van der Waals surface area contributed by atoms with Gasteiger partial charge in [-0.05, 0) is 29.0 Å². The van der Waals surface area contributed by atoms with Crippen molar-refractivity contribution >= 4 is 62.7 Å². The lowest BCUT2D eigenvalue weighted by atomic mass is 10.0. The molecule has 6 rings (SSSR count). The smallest absolute Gasteiger partial charge is 0.197 e. The molecule has 1 aliphatic carbocycles. The van der Waals surface area contributed by atoms with Gasteiger partial charge in [-0.2, -0.15) is 0 Å². The number of allylic oxidation sites excluding steroid dienone is 1. The van der Waals surface area contributed by atoms with Gasteiger partial charge in [0.15, 0.2) is 17.1 Å². The third kappa shape index (κ3) is 2.99. The van der Waals surface area contributed by atoms with E-state index in [1.807, 2.05) is 37.4 Å². The van der Waals surface area contributed by atoms with E-state index in [0.717, 1.165) is 27.5 Å². The second-order valence-corrected chi connectivity index (χ2v) is 8.86. The Bertz CT molecular complexity index is 1640. The van der Waals surface area contributed by atoms with Crippen LogP contribution in [0.4, 0.5) is 0 Å². The number of benzene rings is 3. The van der Waals surface area contributed by atoms with Crippen molar-refractivity contribution < 1.29 is 14.0 Å². The summed E-state index contributed by atoms with van der Waals surface area (Å²) < 4.78 is 8.06. The summed E-state index contributed by atoms with van der Waals surface area (Å²) in [5.74, 6) is -0.335. The van der Waals surface area contributed by atoms with E-state index in [4.69, 9.17) is 27.6 Å². The molecule has 33 heavy (non-hydrogen) atoms. The number of aromatic nitrogens is 1. The monoisotopic (exact) mass is 471 g/mol. The highest BCUT2D eigenvalue weighted by molar-refractivity contribution is 6.46. The van der Waals surface area contributed by atoms with Crippen LogP contribution in [0.1, 0.15) is 26.5 Å². The van der Waals surface area contributed by atoms with Gasteiger partial charge in [-0.25, -0.2) is 0 Å². The molecule has 0 N–H and O–H groups in total. The van der Waals surface area contributed by atoms with Crippen molar-refractivity contribution in [1.82, 2.24) is 4.57 Å². The van der Waals surface area contributed by atoms with Crippen LogP contribution in [-0.2, 0) is 7.05 Å². The van der Waals surface area contributed by atoms with Gasteiger partial charge in [0, 0.05) is 35.9 Å². The number of nitrogens with zero attached hydrogens (tertiary/aromatic N) is 1. The molecular formula is C27H15Cl2NO3. The van der Waals surface area contributed by atoms with Crippen molar-refractivity contribution in [3.05, 3.63) is 99.2 Å². The molecule has 0 saturated carbocycles. The number of Topliss-reactive ketones (excluding diaryl/α,β-unsaturated/α-hetero) is 2. The number of carbonyl (C=O) groups is 2. The first-order chi connectivity index (χ1) is 15.9. The summed E-state index contributed by atoms with van der Waals surface area (Å²) in [5.41, 5.74) is 4.22. The van der Waals surface area contributed by atoms with E-state index in [2.05, 4.69) is 28.8 Å². The Morgan fingerprint density at radius 2 is 1.48 bits per heavy atom.